The summed E-state index contributed by atoms with van der Waals surface area (Å²) in [6.45, 7) is 0. The van der Waals surface area contributed by atoms with Crippen molar-refractivity contribution in [2.45, 2.75) is 5.92 Å². The number of halogens is 1. The summed E-state index contributed by atoms with van der Waals surface area (Å²) in [4.78, 5) is 4.16. The second-order valence-corrected chi connectivity index (χ2v) is 6.07. The molecule has 0 bridgehead atoms. The smallest absolute Gasteiger partial charge is 0.205 e. The molecule has 0 aliphatic carbocycles. The van der Waals surface area contributed by atoms with Crippen molar-refractivity contribution in [3.63, 3.8) is 0 Å². The normalized spacial score (nSPS) is 19.4. The third kappa shape index (κ3) is 2.14. The Morgan fingerprint density at radius 2 is 1.96 bits per heavy atom. The van der Waals surface area contributed by atoms with Gasteiger partial charge >= 0.3 is 0 Å². The zero-order valence-electron chi connectivity index (χ0n) is 12.5. The van der Waals surface area contributed by atoms with E-state index in [9.17, 15) is 5.26 Å². The molecule has 0 saturated carbocycles. The van der Waals surface area contributed by atoms with Crippen LogP contribution in [0.15, 0.2) is 54.9 Å². The fourth-order valence-corrected chi connectivity index (χ4v) is 3.52. The van der Waals surface area contributed by atoms with Crippen LogP contribution in [0, 0.1) is 22.7 Å². The van der Waals surface area contributed by atoms with E-state index in [1.54, 1.807) is 12.4 Å². The summed E-state index contributed by atoms with van der Waals surface area (Å²) in [6.07, 6.45) is 3.41. The Labute approximate surface area is 143 Å². The van der Waals surface area contributed by atoms with Crippen LogP contribution in [0.2, 0.25) is 5.02 Å². The molecule has 116 valence electrons. The molecule has 4 nitrogen and oxygen atoms in total. The van der Waals surface area contributed by atoms with Crippen LogP contribution in [0.4, 0.5) is 0 Å². The molecule has 2 atom stereocenters. The summed E-state index contributed by atoms with van der Waals surface area (Å²) in [5.41, 5.74) is 1.68. The fourth-order valence-electron chi connectivity index (χ4n) is 3.24. The first-order valence-electron chi connectivity index (χ1n) is 7.47. The van der Waals surface area contributed by atoms with E-state index >= 15 is 0 Å². The molecule has 0 radical (unpaired) electrons. The van der Waals surface area contributed by atoms with Crippen molar-refractivity contribution in [1.82, 2.24) is 4.98 Å². The second kappa shape index (κ2) is 5.63. The molecule has 1 aliphatic rings. The second-order valence-electron chi connectivity index (χ2n) is 5.66. The highest BCUT2D eigenvalue weighted by Gasteiger charge is 2.38. The molecule has 1 aliphatic heterocycles. The lowest BCUT2D eigenvalue weighted by Gasteiger charge is -2.31. The standard InChI is InChI=1S/C19H12ClN3O/c20-16-8-14-17(11-4-3-7-23-10-11)15(9-21)19(22)24-18(14)13-6-2-1-5-12(13)16/h1-8,10,15,17,22H. The quantitative estimate of drug-likeness (QED) is 0.711. The van der Waals surface area contributed by atoms with E-state index in [1.165, 1.54) is 0 Å². The molecule has 0 saturated heterocycles. The number of nitriles is 1. The lowest BCUT2D eigenvalue weighted by molar-refractivity contribution is 0.455. The number of hydrogen-bond donors (Lipinski definition) is 1. The molecule has 2 aromatic carbocycles. The van der Waals surface area contributed by atoms with Crippen LogP contribution >= 0.6 is 11.6 Å². The van der Waals surface area contributed by atoms with Crippen molar-refractivity contribution in [2.24, 2.45) is 5.92 Å². The Kier molecular flexibility index (Phi) is 3.44. The third-order valence-electron chi connectivity index (χ3n) is 4.32. The molecule has 1 N–H and O–H groups in total. The van der Waals surface area contributed by atoms with E-state index in [0.29, 0.717) is 10.8 Å². The summed E-state index contributed by atoms with van der Waals surface area (Å²) < 4.78 is 5.74. The molecule has 0 fully saturated rings. The zero-order chi connectivity index (χ0) is 16.7. The van der Waals surface area contributed by atoms with Gasteiger partial charge in [-0.3, -0.25) is 10.4 Å². The van der Waals surface area contributed by atoms with E-state index in [2.05, 4.69) is 11.1 Å². The molecule has 0 amide bonds. The molecule has 3 aromatic rings. The van der Waals surface area contributed by atoms with Crippen LogP contribution in [0.25, 0.3) is 10.8 Å². The molecule has 4 rings (SSSR count). The van der Waals surface area contributed by atoms with E-state index < -0.39 is 5.92 Å². The molecule has 5 heteroatoms. The van der Waals surface area contributed by atoms with Gasteiger partial charge in [-0.1, -0.05) is 41.9 Å². The van der Waals surface area contributed by atoms with Crippen LogP contribution in [0.5, 0.6) is 5.75 Å². The zero-order valence-corrected chi connectivity index (χ0v) is 13.3. The molecule has 0 spiro atoms. The van der Waals surface area contributed by atoms with Gasteiger partial charge in [0.05, 0.1) is 6.07 Å². The number of aromatic nitrogens is 1. The number of nitrogens with zero attached hydrogens (tertiary/aromatic N) is 2. The highest BCUT2D eigenvalue weighted by Crippen LogP contribution is 2.47. The van der Waals surface area contributed by atoms with Gasteiger partial charge in [-0.05, 0) is 17.7 Å². The Balaban J connectivity index is 2.05. The Morgan fingerprint density at radius 1 is 1.17 bits per heavy atom. The number of pyridine rings is 1. The molecular weight excluding hydrogens is 322 g/mol. The third-order valence-corrected chi connectivity index (χ3v) is 4.63. The first-order valence-corrected chi connectivity index (χ1v) is 7.85. The lowest BCUT2D eigenvalue weighted by Crippen LogP contribution is -2.31. The van der Waals surface area contributed by atoms with Crippen molar-refractivity contribution < 1.29 is 4.74 Å². The Bertz CT molecular complexity index is 995. The average Bonchev–Trinajstić information content (AvgIpc) is 2.62. The van der Waals surface area contributed by atoms with Gasteiger partial charge in [0.25, 0.3) is 0 Å². The minimum atomic E-state index is -0.709. The van der Waals surface area contributed by atoms with Gasteiger partial charge in [0.15, 0.2) is 0 Å². The minimum absolute atomic E-state index is 0.0497. The maximum atomic E-state index is 9.58. The summed E-state index contributed by atoms with van der Waals surface area (Å²) in [6, 6.07) is 15.4. The largest absolute Gasteiger partial charge is 0.441 e. The van der Waals surface area contributed by atoms with E-state index in [0.717, 1.165) is 21.9 Å². The molecular formula is C19H12ClN3O. The van der Waals surface area contributed by atoms with Gasteiger partial charge in [0.1, 0.15) is 11.7 Å². The highest BCUT2D eigenvalue weighted by atomic mass is 35.5. The van der Waals surface area contributed by atoms with Crippen molar-refractivity contribution in [1.29, 1.82) is 10.7 Å². The van der Waals surface area contributed by atoms with Gasteiger partial charge in [-0.15, -0.1) is 0 Å². The molecule has 2 heterocycles. The summed E-state index contributed by atoms with van der Waals surface area (Å²) in [5, 5.41) is 20.1. The van der Waals surface area contributed by atoms with Crippen LogP contribution in [0.3, 0.4) is 0 Å². The topological polar surface area (TPSA) is 69.8 Å². The average molecular weight is 334 g/mol. The van der Waals surface area contributed by atoms with E-state index in [-0.39, 0.29) is 11.8 Å². The van der Waals surface area contributed by atoms with Gasteiger partial charge in [-0.25, -0.2) is 0 Å². The van der Waals surface area contributed by atoms with Crippen molar-refractivity contribution in [2.75, 3.05) is 0 Å². The summed E-state index contributed by atoms with van der Waals surface area (Å²) in [7, 11) is 0. The van der Waals surface area contributed by atoms with Gasteiger partial charge in [-0.2, -0.15) is 5.26 Å². The van der Waals surface area contributed by atoms with E-state index in [4.69, 9.17) is 21.7 Å². The fraction of sp³-hybridized carbons (Fsp3) is 0.105. The predicted octanol–water partition coefficient (Wildman–Crippen LogP) is 4.53. The number of ether oxygens (including phenoxy) is 1. The highest BCUT2D eigenvalue weighted by molar-refractivity contribution is 6.36. The van der Waals surface area contributed by atoms with Crippen molar-refractivity contribution in [3.8, 4) is 11.8 Å². The number of benzene rings is 2. The molecule has 24 heavy (non-hydrogen) atoms. The Hall–Kier alpha value is -2.90. The monoisotopic (exact) mass is 333 g/mol. The van der Waals surface area contributed by atoms with Crippen LogP contribution in [-0.4, -0.2) is 10.9 Å². The maximum absolute atomic E-state index is 9.58. The maximum Gasteiger partial charge on any atom is 0.205 e. The summed E-state index contributed by atoms with van der Waals surface area (Å²) in [5.74, 6) is -0.493. The van der Waals surface area contributed by atoms with Crippen molar-refractivity contribution in [3.05, 3.63) is 71.0 Å². The van der Waals surface area contributed by atoms with Crippen LogP contribution < -0.4 is 4.74 Å². The predicted molar refractivity (Wildman–Crippen MR) is 92.5 cm³/mol. The number of rotatable bonds is 1. The number of fused-ring (bicyclic) bond motifs is 3. The van der Waals surface area contributed by atoms with Crippen LogP contribution in [0.1, 0.15) is 17.0 Å². The van der Waals surface area contributed by atoms with E-state index in [1.807, 2.05) is 42.5 Å². The molecule has 2 unspecified atom stereocenters. The first kappa shape index (κ1) is 14.7. The van der Waals surface area contributed by atoms with Crippen LogP contribution in [-0.2, 0) is 0 Å². The Morgan fingerprint density at radius 3 is 2.67 bits per heavy atom. The first-order chi connectivity index (χ1) is 11.7. The number of hydrogen-bond acceptors (Lipinski definition) is 4. The molecule has 1 aromatic heterocycles. The number of nitrogens with one attached hydrogen (secondary N) is 1. The van der Waals surface area contributed by atoms with Gasteiger partial charge in [0.2, 0.25) is 5.90 Å². The van der Waals surface area contributed by atoms with Gasteiger partial charge in [0, 0.05) is 39.7 Å². The summed E-state index contributed by atoms with van der Waals surface area (Å²) >= 11 is 6.47. The lowest BCUT2D eigenvalue weighted by atomic mass is 9.79. The minimum Gasteiger partial charge on any atom is -0.441 e. The van der Waals surface area contributed by atoms with Crippen molar-refractivity contribution >= 4 is 28.3 Å². The van der Waals surface area contributed by atoms with Gasteiger partial charge < -0.3 is 4.74 Å². The SMILES string of the molecule is N#CC1C(=N)Oc2c(cc(Cl)c3ccccc23)C1c1cccnc1.